The van der Waals surface area contributed by atoms with Crippen LogP contribution in [0.3, 0.4) is 0 Å². The molecule has 1 unspecified atom stereocenters. The van der Waals surface area contributed by atoms with Gasteiger partial charge in [-0.3, -0.25) is 9.78 Å². The molecule has 0 radical (unpaired) electrons. The van der Waals surface area contributed by atoms with Gasteiger partial charge in [0.25, 0.3) is 5.91 Å². The number of rotatable bonds is 6. The van der Waals surface area contributed by atoms with E-state index in [-0.39, 0.29) is 18.6 Å². The first kappa shape index (κ1) is 17.1. The highest BCUT2D eigenvalue weighted by molar-refractivity contribution is 5.99. The van der Waals surface area contributed by atoms with E-state index >= 15 is 0 Å². The van der Waals surface area contributed by atoms with Gasteiger partial charge in [-0.2, -0.15) is 0 Å². The fourth-order valence-electron chi connectivity index (χ4n) is 3.03. The molecule has 1 amide bonds. The smallest absolute Gasteiger partial charge is 0.255 e. The van der Waals surface area contributed by atoms with Crippen LogP contribution in [0, 0.1) is 6.92 Å². The highest BCUT2D eigenvalue weighted by atomic mass is 19.1. The standard InChI is InChI=1S/C18H21FN4O2/c1-11-8-15(22-9-16(11)25-7-5-19)12(2)23-10-14-13(18(23)24)4-6-21-17(14)20-3/h4,6,8-9,12H,5,7,10H2,1-3H3,(H,20,21). The van der Waals surface area contributed by atoms with E-state index in [1.54, 1.807) is 30.4 Å². The van der Waals surface area contributed by atoms with Gasteiger partial charge in [0.15, 0.2) is 0 Å². The zero-order valence-corrected chi connectivity index (χ0v) is 14.5. The van der Waals surface area contributed by atoms with Crippen molar-refractivity contribution < 1.29 is 13.9 Å². The van der Waals surface area contributed by atoms with Crippen molar-refractivity contribution in [1.29, 1.82) is 0 Å². The summed E-state index contributed by atoms with van der Waals surface area (Å²) >= 11 is 0. The molecule has 0 aromatic carbocycles. The van der Waals surface area contributed by atoms with E-state index in [1.165, 1.54) is 0 Å². The van der Waals surface area contributed by atoms with Gasteiger partial charge in [-0.15, -0.1) is 0 Å². The average Bonchev–Trinajstić information content (AvgIpc) is 2.97. The van der Waals surface area contributed by atoms with E-state index in [2.05, 4.69) is 15.3 Å². The topological polar surface area (TPSA) is 67.3 Å². The second kappa shape index (κ2) is 7.04. The van der Waals surface area contributed by atoms with Crippen LogP contribution in [0.5, 0.6) is 5.75 Å². The van der Waals surface area contributed by atoms with Gasteiger partial charge in [0.2, 0.25) is 0 Å². The number of carbonyl (C=O) groups is 1. The number of halogens is 1. The van der Waals surface area contributed by atoms with E-state index in [4.69, 9.17) is 4.74 Å². The summed E-state index contributed by atoms with van der Waals surface area (Å²) in [5.41, 5.74) is 3.21. The Morgan fingerprint density at radius 2 is 2.24 bits per heavy atom. The van der Waals surface area contributed by atoms with Crippen LogP contribution < -0.4 is 10.1 Å². The molecule has 0 saturated heterocycles. The molecule has 3 rings (SSSR count). The summed E-state index contributed by atoms with van der Waals surface area (Å²) in [5, 5.41) is 3.03. The number of pyridine rings is 2. The van der Waals surface area contributed by atoms with Gasteiger partial charge in [-0.05, 0) is 31.5 Å². The molecular formula is C18H21FN4O2. The van der Waals surface area contributed by atoms with Gasteiger partial charge in [-0.25, -0.2) is 9.37 Å². The second-order valence-electron chi connectivity index (χ2n) is 5.96. The maximum atomic E-state index is 12.7. The number of nitrogens with one attached hydrogen (secondary N) is 1. The summed E-state index contributed by atoms with van der Waals surface area (Å²) in [6.45, 7) is 3.78. The van der Waals surface area contributed by atoms with Gasteiger partial charge < -0.3 is 15.0 Å². The average molecular weight is 344 g/mol. The largest absolute Gasteiger partial charge is 0.489 e. The minimum atomic E-state index is -0.542. The number of hydrogen-bond acceptors (Lipinski definition) is 5. The number of fused-ring (bicyclic) bond motifs is 1. The number of aryl methyl sites for hydroxylation is 1. The monoisotopic (exact) mass is 344 g/mol. The van der Waals surface area contributed by atoms with Crippen molar-refractivity contribution in [1.82, 2.24) is 14.9 Å². The van der Waals surface area contributed by atoms with Crippen LogP contribution in [-0.4, -0.2) is 41.1 Å². The Kier molecular flexibility index (Phi) is 4.83. The Hall–Kier alpha value is -2.70. The molecule has 132 valence electrons. The van der Waals surface area contributed by atoms with Gasteiger partial charge in [0.05, 0.1) is 24.5 Å². The Bertz CT molecular complexity index is 797. The van der Waals surface area contributed by atoms with Crippen LogP contribution in [0.25, 0.3) is 0 Å². The third-order valence-electron chi connectivity index (χ3n) is 4.43. The molecule has 7 heteroatoms. The molecule has 0 aliphatic carbocycles. The second-order valence-corrected chi connectivity index (χ2v) is 5.96. The van der Waals surface area contributed by atoms with Crippen molar-refractivity contribution in [3.63, 3.8) is 0 Å². The first-order valence-electron chi connectivity index (χ1n) is 8.18. The van der Waals surface area contributed by atoms with Crippen LogP contribution in [0.1, 0.15) is 40.1 Å². The number of hydrogen-bond donors (Lipinski definition) is 1. The summed E-state index contributed by atoms with van der Waals surface area (Å²) in [6.07, 6.45) is 3.22. The zero-order valence-electron chi connectivity index (χ0n) is 14.5. The number of anilines is 1. The fraction of sp³-hybridized carbons (Fsp3) is 0.389. The van der Waals surface area contributed by atoms with Gasteiger partial charge in [0, 0.05) is 24.4 Å². The van der Waals surface area contributed by atoms with Crippen molar-refractivity contribution in [2.24, 2.45) is 0 Å². The number of nitrogens with zero attached hydrogens (tertiary/aromatic N) is 3. The molecular weight excluding hydrogens is 323 g/mol. The van der Waals surface area contributed by atoms with Crippen LogP contribution in [0.15, 0.2) is 24.5 Å². The molecule has 1 N–H and O–H groups in total. The van der Waals surface area contributed by atoms with Crippen molar-refractivity contribution >= 4 is 11.7 Å². The summed E-state index contributed by atoms with van der Waals surface area (Å²) < 4.78 is 17.6. The number of ether oxygens (including phenoxy) is 1. The van der Waals surface area contributed by atoms with Crippen LogP contribution in [0.4, 0.5) is 10.2 Å². The summed E-state index contributed by atoms with van der Waals surface area (Å²) in [6, 6.07) is 3.43. The molecule has 0 saturated carbocycles. The molecule has 0 spiro atoms. The van der Waals surface area contributed by atoms with Crippen molar-refractivity contribution in [3.8, 4) is 5.75 Å². The fourth-order valence-corrected chi connectivity index (χ4v) is 3.03. The third kappa shape index (κ3) is 3.14. The quantitative estimate of drug-likeness (QED) is 0.873. The summed E-state index contributed by atoms with van der Waals surface area (Å²) in [5.74, 6) is 1.25. The maximum Gasteiger partial charge on any atom is 0.255 e. The Morgan fingerprint density at radius 1 is 1.44 bits per heavy atom. The lowest BCUT2D eigenvalue weighted by molar-refractivity contribution is 0.0712. The highest BCUT2D eigenvalue weighted by Gasteiger charge is 2.33. The Morgan fingerprint density at radius 3 is 2.92 bits per heavy atom. The normalized spacial score (nSPS) is 14.4. The first-order valence-corrected chi connectivity index (χ1v) is 8.18. The van der Waals surface area contributed by atoms with Crippen LogP contribution in [-0.2, 0) is 6.54 Å². The zero-order chi connectivity index (χ0) is 18.0. The van der Waals surface area contributed by atoms with E-state index < -0.39 is 6.67 Å². The van der Waals surface area contributed by atoms with Gasteiger partial charge >= 0.3 is 0 Å². The van der Waals surface area contributed by atoms with E-state index in [0.717, 1.165) is 22.6 Å². The molecule has 0 fully saturated rings. The minimum absolute atomic E-state index is 0.0110. The van der Waals surface area contributed by atoms with Crippen molar-refractivity contribution in [2.45, 2.75) is 26.4 Å². The molecule has 6 nitrogen and oxygen atoms in total. The van der Waals surface area contributed by atoms with Crippen molar-refractivity contribution in [3.05, 3.63) is 46.9 Å². The van der Waals surface area contributed by atoms with Gasteiger partial charge in [-0.1, -0.05) is 0 Å². The lowest BCUT2D eigenvalue weighted by Gasteiger charge is -2.24. The van der Waals surface area contributed by atoms with E-state index in [1.807, 2.05) is 19.9 Å². The lowest BCUT2D eigenvalue weighted by Crippen LogP contribution is -2.28. The summed E-state index contributed by atoms with van der Waals surface area (Å²) in [4.78, 5) is 23.2. The molecule has 1 atom stereocenters. The predicted molar refractivity (Wildman–Crippen MR) is 92.5 cm³/mol. The minimum Gasteiger partial charge on any atom is -0.489 e. The van der Waals surface area contributed by atoms with Crippen molar-refractivity contribution in [2.75, 3.05) is 25.6 Å². The molecule has 1 aliphatic rings. The SMILES string of the molecule is CNc1nccc2c1CN(C(C)c1cc(C)c(OCCF)cn1)C2=O. The number of carbonyl (C=O) groups excluding carboxylic acids is 1. The molecule has 0 bridgehead atoms. The predicted octanol–water partition coefficient (Wildman–Crippen LogP) is 2.89. The van der Waals surface area contributed by atoms with E-state index in [0.29, 0.717) is 17.9 Å². The summed E-state index contributed by atoms with van der Waals surface area (Å²) in [7, 11) is 1.79. The molecule has 25 heavy (non-hydrogen) atoms. The van der Waals surface area contributed by atoms with Crippen LogP contribution in [0.2, 0.25) is 0 Å². The Balaban J connectivity index is 1.84. The van der Waals surface area contributed by atoms with Crippen LogP contribution >= 0.6 is 0 Å². The number of aromatic nitrogens is 2. The molecule has 2 aromatic rings. The molecule has 1 aliphatic heterocycles. The maximum absolute atomic E-state index is 12.7. The number of alkyl halides is 1. The molecule has 2 aromatic heterocycles. The Labute approximate surface area is 146 Å². The van der Waals surface area contributed by atoms with E-state index in [9.17, 15) is 9.18 Å². The number of amides is 1. The first-order chi connectivity index (χ1) is 12.1. The van der Waals surface area contributed by atoms with Gasteiger partial charge in [0.1, 0.15) is 24.8 Å². The lowest BCUT2D eigenvalue weighted by atomic mass is 10.1. The molecule has 3 heterocycles. The highest BCUT2D eigenvalue weighted by Crippen LogP contribution is 2.34. The third-order valence-corrected chi connectivity index (χ3v) is 4.43.